The van der Waals surface area contributed by atoms with E-state index in [4.69, 9.17) is 0 Å². The maximum Gasteiger partial charge on any atom is 0.233 e. The number of carbonyl (C=O) groups is 1. The van der Waals surface area contributed by atoms with Crippen molar-refractivity contribution in [1.29, 1.82) is 0 Å². The van der Waals surface area contributed by atoms with Crippen molar-refractivity contribution in [2.45, 2.75) is 12.8 Å². The van der Waals surface area contributed by atoms with E-state index in [2.05, 4.69) is 32.7 Å². The van der Waals surface area contributed by atoms with E-state index >= 15 is 0 Å². The molecular weight excluding hydrogens is 276 g/mol. The molecule has 0 spiro atoms. The van der Waals surface area contributed by atoms with Gasteiger partial charge in [-0.25, -0.2) is 0 Å². The third-order valence-electron chi connectivity index (χ3n) is 3.64. The first-order valence-corrected chi connectivity index (χ1v) is 7.84. The molecule has 0 unspecified atom stereocenters. The molecule has 5 nitrogen and oxygen atoms in total. The smallest absolute Gasteiger partial charge is 0.233 e. The van der Waals surface area contributed by atoms with E-state index in [1.54, 1.807) is 0 Å². The van der Waals surface area contributed by atoms with Crippen molar-refractivity contribution < 1.29 is 4.79 Å². The normalized spacial score (nSPS) is 11.2. The summed E-state index contributed by atoms with van der Waals surface area (Å²) < 4.78 is 0. The van der Waals surface area contributed by atoms with E-state index in [-0.39, 0.29) is 5.91 Å². The quantitative estimate of drug-likeness (QED) is 0.613. The highest BCUT2D eigenvalue weighted by Crippen LogP contribution is 2.17. The zero-order chi connectivity index (χ0) is 15.8. The molecule has 1 aromatic heterocycles. The number of nitrogens with zero attached hydrogens (tertiary/aromatic N) is 1. The second kappa shape index (κ2) is 8.56. The van der Waals surface area contributed by atoms with Crippen LogP contribution in [-0.2, 0) is 11.2 Å². The van der Waals surface area contributed by atoms with Crippen LogP contribution in [0, 0.1) is 0 Å². The monoisotopic (exact) mass is 302 g/mol. The number of aromatic nitrogens is 1. The lowest BCUT2D eigenvalue weighted by atomic mass is 10.1. The van der Waals surface area contributed by atoms with Gasteiger partial charge in [-0.15, -0.1) is 0 Å². The average Bonchev–Trinajstić information content (AvgIpc) is 2.91. The van der Waals surface area contributed by atoms with Crippen LogP contribution in [0.25, 0.3) is 10.9 Å². The molecule has 0 radical (unpaired) electrons. The number of rotatable bonds is 9. The van der Waals surface area contributed by atoms with Gasteiger partial charge < -0.3 is 20.5 Å². The van der Waals surface area contributed by atoms with Gasteiger partial charge in [-0.1, -0.05) is 18.2 Å². The maximum absolute atomic E-state index is 11.7. The van der Waals surface area contributed by atoms with Crippen LogP contribution in [0.15, 0.2) is 30.5 Å². The largest absolute Gasteiger partial charge is 0.361 e. The van der Waals surface area contributed by atoms with E-state index in [0.29, 0.717) is 6.54 Å². The molecular formula is C17H26N4O. The fourth-order valence-electron chi connectivity index (χ4n) is 2.45. The predicted octanol–water partition coefficient (Wildman–Crippen LogP) is 1.37. The van der Waals surface area contributed by atoms with Gasteiger partial charge in [-0.2, -0.15) is 0 Å². The van der Waals surface area contributed by atoms with Crippen LogP contribution in [-0.4, -0.2) is 56.1 Å². The molecule has 0 bridgehead atoms. The Morgan fingerprint density at radius 2 is 2.05 bits per heavy atom. The number of hydrogen-bond donors (Lipinski definition) is 3. The number of aromatic amines is 1. The summed E-state index contributed by atoms with van der Waals surface area (Å²) in [4.78, 5) is 17.1. The Hall–Kier alpha value is -1.85. The van der Waals surface area contributed by atoms with Gasteiger partial charge in [0.25, 0.3) is 0 Å². The van der Waals surface area contributed by atoms with Gasteiger partial charge in [0.1, 0.15) is 0 Å². The Kier molecular flexibility index (Phi) is 6.43. The molecule has 0 aliphatic carbocycles. The van der Waals surface area contributed by atoms with Gasteiger partial charge in [0, 0.05) is 23.6 Å². The Labute approximate surface area is 132 Å². The van der Waals surface area contributed by atoms with Crippen molar-refractivity contribution in [1.82, 2.24) is 20.5 Å². The lowest BCUT2D eigenvalue weighted by Gasteiger charge is -2.10. The zero-order valence-electron chi connectivity index (χ0n) is 13.5. The van der Waals surface area contributed by atoms with Crippen molar-refractivity contribution in [2.24, 2.45) is 0 Å². The number of benzene rings is 1. The summed E-state index contributed by atoms with van der Waals surface area (Å²) in [7, 11) is 4.07. The van der Waals surface area contributed by atoms with Crippen molar-refractivity contribution in [2.75, 3.05) is 40.3 Å². The second-order valence-corrected chi connectivity index (χ2v) is 5.79. The minimum Gasteiger partial charge on any atom is -0.361 e. The lowest BCUT2D eigenvalue weighted by molar-refractivity contribution is -0.120. The fraction of sp³-hybridized carbons (Fsp3) is 0.471. The first kappa shape index (κ1) is 16.5. The molecule has 0 fully saturated rings. The summed E-state index contributed by atoms with van der Waals surface area (Å²) in [5, 5.41) is 7.39. The fourth-order valence-corrected chi connectivity index (χ4v) is 2.45. The van der Waals surface area contributed by atoms with Gasteiger partial charge in [-0.3, -0.25) is 4.79 Å². The molecule has 0 saturated carbocycles. The number of nitrogens with one attached hydrogen (secondary N) is 3. The first-order chi connectivity index (χ1) is 10.7. The highest BCUT2D eigenvalue weighted by molar-refractivity contribution is 5.83. The summed E-state index contributed by atoms with van der Waals surface area (Å²) >= 11 is 0. The Balaban J connectivity index is 1.62. The standard InChI is InChI=1S/C17H26N4O/c1-21(2)11-5-9-19-17(22)13-18-10-8-14-12-20-16-7-4-3-6-15(14)16/h3-4,6-7,12,18,20H,5,8-11,13H2,1-2H3,(H,19,22). The predicted molar refractivity (Wildman–Crippen MR) is 91.1 cm³/mol. The topological polar surface area (TPSA) is 60.2 Å². The van der Waals surface area contributed by atoms with Gasteiger partial charge >= 0.3 is 0 Å². The Bertz CT molecular complexity index is 591. The third-order valence-corrected chi connectivity index (χ3v) is 3.64. The molecule has 22 heavy (non-hydrogen) atoms. The molecule has 1 amide bonds. The third kappa shape index (κ3) is 5.16. The highest BCUT2D eigenvalue weighted by Gasteiger charge is 2.03. The molecule has 0 atom stereocenters. The van der Waals surface area contributed by atoms with Gasteiger partial charge in [-0.05, 0) is 51.7 Å². The van der Waals surface area contributed by atoms with Gasteiger partial charge in [0.05, 0.1) is 6.54 Å². The molecule has 2 aromatic rings. The zero-order valence-corrected chi connectivity index (χ0v) is 13.5. The number of para-hydroxylation sites is 1. The molecule has 2 rings (SSSR count). The van der Waals surface area contributed by atoms with E-state index in [0.717, 1.165) is 38.0 Å². The number of fused-ring (bicyclic) bond motifs is 1. The van der Waals surface area contributed by atoms with Crippen molar-refractivity contribution >= 4 is 16.8 Å². The van der Waals surface area contributed by atoms with Crippen molar-refractivity contribution in [3.8, 4) is 0 Å². The van der Waals surface area contributed by atoms with Crippen LogP contribution >= 0.6 is 0 Å². The van der Waals surface area contributed by atoms with E-state index < -0.39 is 0 Å². The summed E-state index contributed by atoms with van der Waals surface area (Å²) in [6.45, 7) is 2.91. The summed E-state index contributed by atoms with van der Waals surface area (Å²) in [5.41, 5.74) is 2.45. The molecule has 0 aliphatic heterocycles. The second-order valence-electron chi connectivity index (χ2n) is 5.79. The maximum atomic E-state index is 11.7. The number of hydrogen-bond acceptors (Lipinski definition) is 3. The summed E-state index contributed by atoms with van der Waals surface area (Å²) in [5.74, 6) is 0.0673. The minimum absolute atomic E-state index is 0.0673. The minimum atomic E-state index is 0.0673. The molecule has 1 aromatic carbocycles. The molecule has 3 N–H and O–H groups in total. The van der Waals surface area contributed by atoms with Crippen LogP contribution in [0.5, 0.6) is 0 Å². The molecule has 120 valence electrons. The van der Waals surface area contributed by atoms with Gasteiger partial charge in [0.15, 0.2) is 0 Å². The molecule has 0 saturated heterocycles. The molecule has 5 heteroatoms. The number of H-pyrrole nitrogens is 1. The lowest BCUT2D eigenvalue weighted by Crippen LogP contribution is -2.35. The van der Waals surface area contributed by atoms with Gasteiger partial charge in [0.2, 0.25) is 5.91 Å². The van der Waals surface area contributed by atoms with Crippen LogP contribution in [0.2, 0.25) is 0 Å². The summed E-state index contributed by atoms with van der Waals surface area (Å²) in [6.07, 6.45) is 3.94. The molecule has 1 heterocycles. The Morgan fingerprint density at radius 1 is 1.23 bits per heavy atom. The van der Waals surface area contributed by atoms with E-state index in [1.165, 1.54) is 10.9 Å². The van der Waals surface area contributed by atoms with E-state index in [9.17, 15) is 4.79 Å². The van der Waals surface area contributed by atoms with Crippen LogP contribution < -0.4 is 10.6 Å². The van der Waals surface area contributed by atoms with Crippen LogP contribution in [0.4, 0.5) is 0 Å². The van der Waals surface area contributed by atoms with E-state index in [1.807, 2.05) is 32.4 Å². The van der Waals surface area contributed by atoms with Crippen molar-refractivity contribution in [3.05, 3.63) is 36.0 Å². The number of carbonyl (C=O) groups excluding carboxylic acids is 1. The van der Waals surface area contributed by atoms with Crippen LogP contribution in [0.3, 0.4) is 0 Å². The first-order valence-electron chi connectivity index (χ1n) is 7.84. The van der Waals surface area contributed by atoms with Crippen molar-refractivity contribution in [3.63, 3.8) is 0 Å². The summed E-state index contributed by atoms with van der Waals surface area (Å²) in [6, 6.07) is 8.28. The van der Waals surface area contributed by atoms with Crippen LogP contribution in [0.1, 0.15) is 12.0 Å². The number of amides is 1. The SMILES string of the molecule is CN(C)CCCNC(=O)CNCCc1c[nH]c2ccccc12. The average molecular weight is 302 g/mol. The Morgan fingerprint density at radius 3 is 2.86 bits per heavy atom. The molecule has 0 aliphatic rings. The highest BCUT2D eigenvalue weighted by atomic mass is 16.1.